The van der Waals surface area contributed by atoms with Crippen LogP contribution in [-0.4, -0.2) is 104 Å². The van der Waals surface area contributed by atoms with Gasteiger partial charge in [-0.1, -0.05) is 62.4 Å². The molecule has 14 heteroatoms. The molecule has 0 aromatic heterocycles. The topological polar surface area (TPSA) is 215 Å². The quantitative estimate of drug-likeness (QED) is 0.148. The molecular weight excluding hydrogens is 702 g/mol. The molecule has 6 rings (SSSR count). The number of carbonyl (C=O) groups is 5. The standard InChI is InChI=1S/C40H47NO13/c1-20-25(53-36(49)30(45)29(23-13-9-7-10-14-23)41-35(48)24-15-11-8-12-16-24)18-40(50)34(47)32-38(6,26(44)17-27-39(32,19-51-27)54-22(3)43)33(46)31(52-21(2)42)28(20)37(40,4)5/h7-16,25-27,29-32,34,44-45,47,50H,17-19H2,1-6H3,(H,41,48)/t25-,26-,27+,29-,30+,31+,32?,34?,38+,39-,40+/m0/s1. The van der Waals surface area contributed by atoms with E-state index in [2.05, 4.69) is 5.32 Å². The molecule has 3 aliphatic carbocycles. The third-order valence-electron chi connectivity index (χ3n) is 12.3. The molecule has 0 spiro atoms. The number of benzene rings is 2. The van der Waals surface area contributed by atoms with Crippen LogP contribution >= 0.6 is 0 Å². The van der Waals surface area contributed by atoms with Gasteiger partial charge in [0.15, 0.2) is 23.6 Å². The number of carbonyl (C=O) groups excluding carboxylic acids is 5. The molecule has 2 bridgehead atoms. The minimum Gasteiger partial charge on any atom is -0.456 e. The Hall–Kier alpha value is -4.47. The van der Waals surface area contributed by atoms with E-state index in [9.17, 15) is 44.4 Å². The highest BCUT2D eigenvalue weighted by Gasteiger charge is 2.77. The van der Waals surface area contributed by atoms with Crippen LogP contribution in [0.3, 0.4) is 0 Å². The number of ether oxygens (including phenoxy) is 4. The molecule has 2 saturated carbocycles. The van der Waals surface area contributed by atoms with Crippen molar-refractivity contribution >= 4 is 29.6 Å². The van der Waals surface area contributed by atoms with Gasteiger partial charge in [-0.05, 0) is 42.7 Å². The fourth-order valence-electron chi connectivity index (χ4n) is 9.30. The lowest BCUT2D eigenvalue weighted by molar-refractivity contribution is -0.346. The Morgan fingerprint density at radius 1 is 0.926 bits per heavy atom. The van der Waals surface area contributed by atoms with E-state index in [0.717, 1.165) is 13.8 Å². The summed E-state index contributed by atoms with van der Waals surface area (Å²) >= 11 is 0. The second-order valence-electron chi connectivity index (χ2n) is 15.6. The summed E-state index contributed by atoms with van der Waals surface area (Å²) in [5.74, 6) is -5.71. The Labute approximate surface area is 312 Å². The van der Waals surface area contributed by atoms with Crippen LogP contribution in [0.4, 0.5) is 0 Å². The summed E-state index contributed by atoms with van der Waals surface area (Å²) in [5.41, 5.74) is -6.62. The van der Waals surface area contributed by atoms with Crippen LogP contribution in [0.2, 0.25) is 0 Å². The van der Waals surface area contributed by atoms with Gasteiger partial charge >= 0.3 is 17.9 Å². The van der Waals surface area contributed by atoms with Crippen molar-refractivity contribution in [1.82, 2.24) is 5.32 Å². The van der Waals surface area contributed by atoms with Crippen molar-refractivity contribution in [2.75, 3.05) is 6.61 Å². The minimum atomic E-state index is -2.31. The van der Waals surface area contributed by atoms with Gasteiger partial charge in [-0.15, -0.1) is 0 Å². The summed E-state index contributed by atoms with van der Waals surface area (Å²) in [4.78, 5) is 67.4. The number of ketones is 1. The normalized spacial score (nSPS) is 35.0. The molecule has 1 heterocycles. The second kappa shape index (κ2) is 14.0. The van der Waals surface area contributed by atoms with Crippen molar-refractivity contribution in [3.05, 3.63) is 82.9 Å². The molecular formula is C40H47NO13. The summed E-state index contributed by atoms with van der Waals surface area (Å²) in [6.07, 6.45) is -10.2. The van der Waals surface area contributed by atoms with E-state index in [0.29, 0.717) is 5.56 Å². The lowest BCUT2D eigenvalue weighted by Gasteiger charge is -2.67. The molecule has 1 amide bonds. The van der Waals surface area contributed by atoms with Crippen LogP contribution in [0.5, 0.6) is 0 Å². The first-order chi connectivity index (χ1) is 25.3. The second-order valence-corrected chi connectivity index (χ2v) is 15.6. The maximum Gasteiger partial charge on any atom is 0.338 e. The SMILES string of the molecule is CC(=O)O[C@H]1C(=O)[C@@]2(C)C(C(O)[C@]3(O)C[C@H](OC(=O)[C@H](O)[C@@H](NC(=O)c4ccccc4)c4ccccc4)C(C)=C1C3(C)C)[C@]1(OC(C)=O)CO[C@@H]1C[C@@H]2O. The Bertz CT molecular complexity index is 1860. The highest BCUT2D eigenvalue weighted by Crippen LogP contribution is 2.63. The first-order valence-corrected chi connectivity index (χ1v) is 17.9. The van der Waals surface area contributed by atoms with Gasteiger partial charge < -0.3 is 44.7 Å². The molecule has 14 nitrogen and oxygen atoms in total. The molecule has 2 aromatic carbocycles. The molecule has 1 saturated heterocycles. The van der Waals surface area contributed by atoms with E-state index in [1.165, 1.54) is 13.8 Å². The Morgan fingerprint density at radius 2 is 1.54 bits per heavy atom. The number of aliphatic hydroxyl groups excluding tert-OH is 3. The molecule has 1 aliphatic heterocycles. The predicted molar refractivity (Wildman–Crippen MR) is 188 cm³/mol. The average molecular weight is 750 g/mol. The minimum absolute atomic E-state index is 0.0279. The predicted octanol–water partition coefficient (Wildman–Crippen LogP) is 1.87. The molecule has 290 valence electrons. The number of hydrogen-bond donors (Lipinski definition) is 5. The number of aliphatic hydroxyl groups is 4. The average Bonchev–Trinajstić information content (AvgIpc) is 3.12. The lowest BCUT2D eigenvalue weighted by Crippen LogP contribution is -2.81. The van der Waals surface area contributed by atoms with Crippen LogP contribution in [0, 0.1) is 16.7 Å². The number of Topliss-reactive ketones (excluding diaryl/α,β-unsaturated/α-hetero) is 1. The van der Waals surface area contributed by atoms with Gasteiger partial charge in [0.1, 0.15) is 17.8 Å². The summed E-state index contributed by atoms with van der Waals surface area (Å²) in [7, 11) is 0. The molecule has 0 radical (unpaired) electrons. The molecule has 11 atom stereocenters. The summed E-state index contributed by atoms with van der Waals surface area (Å²) in [6, 6.07) is 15.2. The van der Waals surface area contributed by atoms with E-state index in [1.807, 2.05) is 0 Å². The zero-order valence-corrected chi connectivity index (χ0v) is 31.0. The van der Waals surface area contributed by atoms with Gasteiger partial charge in [0.25, 0.3) is 5.91 Å². The van der Waals surface area contributed by atoms with E-state index in [1.54, 1.807) is 74.5 Å². The number of nitrogens with one attached hydrogen (secondary N) is 1. The number of esters is 3. The first-order valence-electron chi connectivity index (χ1n) is 17.9. The van der Waals surface area contributed by atoms with Gasteiger partial charge in [0, 0.05) is 43.6 Å². The van der Waals surface area contributed by atoms with E-state index >= 15 is 0 Å². The fraction of sp³-hybridized carbons (Fsp3) is 0.525. The Balaban J connectivity index is 1.44. The van der Waals surface area contributed by atoms with Crippen molar-refractivity contribution < 1.29 is 63.3 Å². The lowest BCUT2D eigenvalue weighted by atomic mass is 9.44. The largest absolute Gasteiger partial charge is 0.456 e. The Kier molecular flexibility index (Phi) is 10.2. The van der Waals surface area contributed by atoms with Crippen LogP contribution in [0.15, 0.2) is 71.8 Å². The van der Waals surface area contributed by atoms with Crippen LogP contribution in [0.25, 0.3) is 0 Å². The highest BCUT2D eigenvalue weighted by molar-refractivity contribution is 5.96. The summed E-state index contributed by atoms with van der Waals surface area (Å²) in [6.45, 7) is 7.99. The smallest absolute Gasteiger partial charge is 0.338 e. The van der Waals surface area contributed by atoms with Crippen molar-refractivity contribution in [1.29, 1.82) is 0 Å². The van der Waals surface area contributed by atoms with Crippen molar-refractivity contribution in [2.24, 2.45) is 16.7 Å². The molecule has 2 aromatic rings. The molecule has 5 N–H and O–H groups in total. The fourth-order valence-corrected chi connectivity index (χ4v) is 9.30. The zero-order chi connectivity index (χ0) is 39.5. The third-order valence-corrected chi connectivity index (χ3v) is 12.3. The zero-order valence-electron chi connectivity index (χ0n) is 31.0. The van der Waals surface area contributed by atoms with Crippen molar-refractivity contribution in [3.63, 3.8) is 0 Å². The highest BCUT2D eigenvalue weighted by atomic mass is 16.6. The number of rotatable bonds is 8. The Morgan fingerprint density at radius 3 is 2.09 bits per heavy atom. The number of amides is 1. The van der Waals surface area contributed by atoms with Gasteiger partial charge in [0.05, 0.1) is 30.3 Å². The van der Waals surface area contributed by atoms with Gasteiger partial charge in [-0.3, -0.25) is 19.2 Å². The van der Waals surface area contributed by atoms with Gasteiger partial charge in [-0.25, -0.2) is 4.79 Å². The van der Waals surface area contributed by atoms with E-state index in [4.69, 9.17) is 18.9 Å². The third kappa shape index (κ3) is 6.04. The molecule has 3 fully saturated rings. The van der Waals surface area contributed by atoms with Crippen molar-refractivity contribution in [2.45, 2.75) is 108 Å². The van der Waals surface area contributed by atoms with Gasteiger partial charge in [0.2, 0.25) is 0 Å². The molecule has 54 heavy (non-hydrogen) atoms. The molecule has 4 aliphatic rings. The number of hydrogen-bond acceptors (Lipinski definition) is 13. The number of fused-ring (bicyclic) bond motifs is 5. The first kappa shape index (κ1) is 39.2. The monoisotopic (exact) mass is 749 g/mol. The van der Waals surface area contributed by atoms with Gasteiger partial charge in [-0.2, -0.15) is 0 Å². The molecule has 2 unspecified atom stereocenters. The maximum atomic E-state index is 15.0. The van der Waals surface area contributed by atoms with Crippen molar-refractivity contribution in [3.8, 4) is 0 Å². The maximum absolute atomic E-state index is 15.0. The summed E-state index contributed by atoms with van der Waals surface area (Å²) in [5, 5.41) is 51.4. The summed E-state index contributed by atoms with van der Waals surface area (Å²) < 4.78 is 23.2. The van der Waals surface area contributed by atoms with E-state index in [-0.39, 0.29) is 29.7 Å². The van der Waals surface area contributed by atoms with Crippen LogP contribution < -0.4 is 5.32 Å². The van der Waals surface area contributed by atoms with E-state index < -0.39 is 107 Å². The van der Waals surface area contributed by atoms with Crippen LogP contribution in [0.1, 0.15) is 76.3 Å². The van der Waals surface area contributed by atoms with Crippen LogP contribution in [-0.2, 0) is 38.1 Å².